The fraction of sp³-hybridized carbons (Fsp3) is 0.417. The quantitative estimate of drug-likeness (QED) is 0.518. The minimum absolute atomic E-state index is 0.453. The Kier molecular flexibility index (Phi) is 8.14. The van der Waals surface area contributed by atoms with Crippen LogP contribution >= 0.6 is 11.6 Å². The Morgan fingerprint density at radius 3 is 2.37 bits per heavy atom. The zero-order valence-electron chi connectivity index (χ0n) is 17.5. The van der Waals surface area contributed by atoms with E-state index in [0.29, 0.717) is 17.3 Å². The molecule has 2 aromatic rings. The first-order chi connectivity index (χ1) is 14.5. The number of aryl methyl sites for hydroxylation is 1. The van der Waals surface area contributed by atoms with E-state index >= 15 is 0 Å². The summed E-state index contributed by atoms with van der Waals surface area (Å²) in [6, 6.07) is 13.9. The molecule has 1 aliphatic rings. The topological polar surface area (TPSA) is 61.4 Å². The molecule has 1 fully saturated rings. The van der Waals surface area contributed by atoms with Gasteiger partial charge < -0.3 is 15.5 Å². The molecule has 2 N–H and O–H groups in total. The van der Waals surface area contributed by atoms with Crippen LogP contribution in [0, 0.1) is 6.92 Å². The molecule has 0 radical (unpaired) electrons. The number of benzene rings is 2. The van der Waals surface area contributed by atoms with E-state index in [1.807, 2.05) is 0 Å². The van der Waals surface area contributed by atoms with Gasteiger partial charge in [-0.2, -0.15) is 0 Å². The Morgan fingerprint density at radius 1 is 0.967 bits per heavy atom. The van der Waals surface area contributed by atoms with Gasteiger partial charge in [0.25, 0.3) is 0 Å². The summed E-state index contributed by atoms with van der Waals surface area (Å²) in [5.74, 6) is -1.31. The van der Waals surface area contributed by atoms with Crippen LogP contribution in [0.1, 0.15) is 43.2 Å². The van der Waals surface area contributed by atoms with Crippen molar-refractivity contribution in [2.45, 2.75) is 45.4 Å². The largest absolute Gasteiger partial charge is 0.372 e. The second kappa shape index (κ2) is 11.0. The van der Waals surface area contributed by atoms with E-state index < -0.39 is 11.8 Å². The van der Waals surface area contributed by atoms with Gasteiger partial charge in [0, 0.05) is 36.0 Å². The average molecular weight is 428 g/mol. The van der Waals surface area contributed by atoms with Gasteiger partial charge in [-0.05, 0) is 68.0 Å². The molecule has 0 aromatic heterocycles. The number of hydrogen-bond donors (Lipinski definition) is 2. The molecule has 5 nitrogen and oxygen atoms in total. The van der Waals surface area contributed by atoms with Crippen molar-refractivity contribution in [3.05, 3.63) is 58.6 Å². The number of nitrogens with one attached hydrogen (secondary N) is 2. The number of carbonyl (C=O) groups excluding carboxylic acids is 2. The number of rotatable bonds is 6. The normalized spacial score (nSPS) is 14.1. The van der Waals surface area contributed by atoms with Crippen LogP contribution in [0.3, 0.4) is 0 Å². The molecule has 1 aliphatic heterocycles. The van der Waals surface area contributed by atoms with E-state index in [9.17, 15) is 9.59 Å². The number of halogens is 1. The lowest BCUT2D eigenvalue weighted by Gasteiger charge is -2.22. The summed E-state index contributed by atoms with van der Waals surface area (Å²) in [6.45, 7) is 4.53. The molecule has 0 atom stereocenters. The van der Waals surface area contributed by atoms with E-state index in [4.69, 9.17) is 11.6 Å². The van der Waals surface area contributed by atoms with Crippen molar-refractivity contribution in [3.8, 4) is 0 Å². The Labute approximate surface area is 183 Å². The highest BCUT2D eigenvalue weighted by Gasteiger charge is 2.15. The standard InChI is InChI=1S/C24H30ClN3O2/c1-18-21(25)9-6-10-22(18)27-24(30)23(29)26-15-7-8-19-11-13-20(14-12-19)28-16-4-2-3-5-17-28/h6,9-14H,2-5,7-8,15-17H2,1H3,(H,26,29)(H,27,30). The zero-order chi connectivity index (χ0) is 21.3. The molecule has 30 heavy (non-hydrogen) atoms. The SMILES string of the molecule is Cc1c(Cl)cccc1NC(=O)C(=O)NCCCc1ccc(N2CCCCCC2)cc1. The summed E-state index contributed by atoms with van der Waals surface area (Å²) in [7, 11) is 0. The Morgan fingerprint density at radius 2 is 1.67 bits per heavy atom. The first-order valence-electron chi connectivity index (χ1n) is 10.7. The van der Waals surface area contributed by atoms with Gasteiger partial charge in [0.05, 0.1) is 0 Å². The number of hydrogen-bond acceptors (Lipinski definition) is 3. The molecule has 3 rings (SSSR count). The van der Waals surface area contributed by atoms with Crippen molar-refractivity contribution in [1.82, 2.24) is 5.32 Å². The maximum Gasteiger partial charge on any atom is 0.313 e. The molecule has 0 unspecified atom stereocenters. The lowest BCUT2D eigenvalue weighted by atomic mass is 10.1. The Hall–Kier alpha value is -2.53. The third-order valence-corrected chi connectivity index (χ3v) is 5.97. The Balaban J connectivity index is 1.40. The minimum atomic E-state index is -0.679. The highest BCUT2D eigenvalue weighted by molar-refractivity contribution is 6.40. The zero-order valence-corrected chi connectivity index (χ0v) is 18.3. The van der Waals surface area contributed by atoms with Gasteiger partial charge in [-0.1, -0.05) is 42.6 Å². The van der Waals surface area contributed by atoms with Gasteiger partial charge in [-0.3, -0.25) is 9.59 Å². The first kappa shape index (κ1) is 22.2. The van der Waals surface area contributed by atoms with Crippen LogP contribution < -0.4 is 15.5 Å². The van der Waals surface area contributed by atoms with Crippen molar-refractivity contribution in [2.24, 2.45) is 0 Å². The van der Waals surface area contributed by atoms with Gasteiger partial charge in [0.2, 0.25) is 0 Å². The lowest BCUT2D eigenvalue weighted by molar-refractivity contribution is -0.136. The molecule has 0 saturated carbocycles. The molecule has 0 bridgehead atoms. The molecule has 2 aromatic carbocycles. The van der Waals surface area contributed by atoms with Crippen molar-refractivity contribution in [1.29, 1.82) is 0 Å². The second-order valence-electron chi connectivity index (χ2n) is 7.79. The first-order valence-corrected chi connectivity index (χ1v) is 11.1. The highest BCUT2D eigenvalue weighted by atomic mass is 35.5. The van der Waals surface area contributed by atoms with Crippen LogP contribution in [0.5, 0.6) is 0 Å². The molecule has 1 heterocycles. The predicted octanol–water partition coefficient (Wildman–Crippen LogP) is 4.72. The van der Waals surface area contributed by atoms with Crippen LogP contribution in [0.25, 0.3) is 0 Å². The summed E-state index contributed by atoms with van der Waals surface area (Å²) in [5.41, 5.74) is 3.82. The van der Waals surface area contributed by atoms with E-state index in [0.717, 1.165) is 31.5 Å². The fourth-order valence-electron chi connectivity index (χ4n) is 3.70. The van der Waals surface area contributed by atoms with Crippen molar-refractivity contribution >= 4 is 34.8 Å². The van der Waals surface area contributed by atoms with Crippen LogP contribution in [0.4, 0.5) is 11.4 Å². The van der Waals surface area contributed by atoms with Gasteiger partial charge >= 0.3 is 11.8 Å². The second-order valence-corrected chi connectivity index (χ2v) is 8.20. The molecule has 6 heteroatoms. The number of nitrogens with zero attached hydrogens (tertiary/aromatic N) is 1. The van der Waals surface area contributed by atoms with Crippen molar-refractivity contribution in [2.75, 3.05) is 29.9 Å². The maximum absolute atomic E-state index is 12.1. The average Bonchev–Trinajstić information content (AvgIpc) is 3.04. The Bertz CT molecular complexity index is 859. The van der Waals surface area contributed by atoms with Gasteiger partial charge in [0.15, 0.2) is 0 Å². The number of anilines is 2. The highest BCUT2D eigenvalue weighted by Crippen LogP contribution is 2.23. The number of amides is 2. The predicted molar refractivity (Wildman–Crippen MR) is 123 cm³/mol. The van der Waals surface area contributed by atoms with Crippen LogP contribution in [0.2, 0.25) is 5.02 Å². The van der Waals surface area contributed by atoms with Crippen molar-refractivity contribution in [3.63, 3.8) is 0 Å². The molecular weight excluding hydrogens is 398 g/mol. The molecular formula is C24H30ClN3O2. The molecule has 160 valence electrons. The van der Waals surface area contributed by atoms with E-state index in [2.05, 4.69) is 39.8 Å². The van der Waals surface area contributed by atoms with Crippen molar-refractivity contribution < 1.29 is 9.59 Å². The molecule has 1 saturated heterocycles. The molecule has 0 aliphatic carbocycles. The van der Waals surface area contributed by atoms with Crippen LogP contribution in [-0.4, -0.2) is 31.4 Å². The maximum atomic E-state index is 12.1. The van der Waals surface area contributed by atoms with E-state index in [-0.39, 0.29) is 0 Å². The summed E-state index contributed by atoms with van der Waals surface area (Å²) >= 11 is 6.04. The van der Waals surface area contributed by atoms with Crippen LogP contribution in [-0.2, 0) is 16.0 Å². The fourth-order valence-corrected chi connectivity index (χ4v) is 3.87. The van der Waals surface area contributed by atoms with Gasteiger partial charge in [-0.25, -0.2) is 0 Å². The van der Waals surface area contributed by atoms with E-state index in [1.54, 1.807) is 25.1 Å². The minimum Gasteiger partial charge on any atom is -0.372 e. The number of carbonyl (C=O) groups is 2. The van der Waals surface area contributed by atoms with Gasteiger partial charge in [0.1, 0.15) is 0 Å². The summed E-state index contributed by atoms with van der Waals surface area (Å²) < 4.78 is 0. The monoisotopic (exact) mass is 427 g/mol. The summed E-state index contributed by atoms with van der Waals surface area (Å²) in [6.07, 6.45) is 6.83. The molecule has 0 spiro atoms. The lowest BCUT2D eigenvalue weighted by Crippen LogP contribution is -2.36. The molecule has 2 amide bonds. The summed E-state index contributed by atoms with van der Waals surface area (Å²) in [4.78, 5) is 26.6. The third kappa shape index (κ3) is 6.23. The van der Waals surface area contributed by atoms with Gasteiger partial charge in [-0.15, -0.1) is 0 Å². The van der Waals surface area contributed by atoms with E-state index in [1.165, 1.54) is 36.9 Å². The smallest absolute Gasteiger partial charge is 0.313 e. The summed E-state index contributed by atoms with van der Waals surface area (Å²) in [5, 5.41) is 5.85. The third-order valence-electron chi connectivity index (χ3n) is 5.56. The van der Waals surface area contributed by atoms with Crippen LogP contribution in [0.15, 0.2) is 42.5 Å².